The minimum absolute atomic E-state index is 0.0266. The van der Waals surface area contributed by atoms with E-state index in [9.17, 15) is 4.79 Å². The van der Waals surface area contributed by atoms with Gasteiger partial charge in [-0.15, -0.1) is 0 Å². The van der Waals surface area contributed by atoms with Crippen molar-refractivity contribution in [1.29, 1.82) is 0 Å². The van der Waals surface area contributed by atoms with E-state index in [4.69, 9.17) is 0 Å². The van der Waals surface area contributed by atoms with Crippen LogP contribution in [0.15, 0.2) is 36.5 Å². The highest BCUT2D eigenvalue weighted by atomic mass is 16.2. The minimum atomic E-state index is 0.0266. The number of fused-ring (bicyclic) bond motifs is 1. The van der Waals surface area contributed by atoms with Crippen LogP contribution in [0.25, 0.3) is 10.8 Å². The highest BCUT2D eigenvalue weighted by Gasteiger charge is 2.22. The molecule has 0 saturated heterocycles. The van der Waals surface area contributed by atoms with E-state index in [0.717, 1.165) is 36.5 Å². The second-order valence-electron chi connectivity index (χ2n) is 5.53. The van der Waals surface area contributed by atoms with Gasteiger partial charge in [-0.3, -0.25) is 9.78 Å². The molecule has 0 N–H and O–H groups in total. The molecule has 2 rings (SSSR count). The van der Waals surface area contributed by atoms with Gasteiger partial charge in [-0.1, -0.05) is 51.0 Å². The van der Waals surface area contributed by atoms with E-state index in [0.29, 0.717) is 11.7 Å². The van der Waals surface area contributed by atoms with Crippen LogP contribution in [-0.4, -0.2) is 28.9 Å². The molecule has 3 heteroatoms. The van der Waals surface area contributed by atoms with Crippen LogP contribution in [0.5, 0.6) is 0 Å². The topological polar surface area (TPSA) is 33.2 Å². The second-order valence-corrected chi connectivity index (χ2v) is 5.53. The molecule has 2 aromatic rings. The summed E-state index contributed by atoms with van der Waals surface area (Å²) in [6, 6.07) is 10.2. The molecule has 0 aliphatic carbocycles. The van der Waals surface area contributed by atoms with Gasteiger partial charge in [-0.2, -0.15) is 0 Å². The Kier molecular flexibility index (Phi) is 5.32. The van der Waals surface area contributed by atoms with Gasteiger partial charge in [0.1, 0.15) is 5.69 Å². The average molecular weight is 284 g/mol. The lowest BCUT2D eigenvalue weighted by molar-refractivity contribution is 0.0711. The number of hydrogen-bond donors (Lipinski definition) is 0. The third-order valence-electron chi connectivity index (χ3n) is 3.99. The number of rotatable bonds is 6. The molecule has 0 aliphatic rings. The van der Waals surface area contributed by atoms with Crippen molar-refractivity contribution in [2.24, 2.45) is 0 Å². The maximum atomic E-state index is 12.8. The Morgan fingerprint density at radius 3 is 2.48 bits per heavy atom. The molecule has 0 bridgehead atoms. The van der Waals surface area contributed by atoms with Gasteiger partial charge in [0.15, 0.2) is 0 Å². The van der Waals surface area contributed by atoms with Crippen LogP contribution in [0.2, 0.25) is 0 Å². The van der Waals surface area contributed by atoms with Gasteiger partial charge in [0.05, 0.1) is 0 Å². The third kappa shape index (κ3) is 3.41. The molecule has 0 atom stereocenters. The zero-order valence-corrected chi connectivity index (χ0v) is 13.2. The van der Waals surface area contributed by atoms with Crippen LogP contribution < -0.4 is 0 Å². The molecule has 0 spiro atoms. The van der Waals surface area contributed by atoms with Gasteiger partial charge in [-0.25, -0.2) is 0 Å². The Hall–Kier alpha value is -1.90. The Balaban J connectivity index is 2.32. The van der Waals surface area contributed by atoms with Gasteiger partial charge >= 0.3 is 0 Å². The quantitative estimate of drug-likeness (QED) is 0.793. The lowest BCUT2D eigenvalue weighted by Crippen LogP contribution is -2.37. The van der Waals surface area contributed by atoms with E-state index in [1.54, 1.807) is 6.20 Å². The number of pyridine rings is 1. The smallest absolute Gasteiger partial charge is 0.273 e. The van der Waals surface area contributed by atoms with Crippen molar-refractivity contribution in [3.8, 4) is 0 Å². The highest BCUT2D eigenvalue weighted by molar-refractivity contribution is 6.05. The monoisotopic (exact) mass is 284 g/mol. The first-order valence-electron chi connectivity index (χ1n) is 7.80. The molecule has 21 heavy (non-hydrogen) atoms. The van der Waals surface area contributed by atoms with E-state index < -0.39 is 0 Å². The molecule has 0 aliphatic heterocycles. The first-order valence-corrected chi connectivity index (χ1v) is 7.80. The van der Waals surface area contributed by atoms with E-state index in [1.165, 1.54) is 0 Å². The second kappa shape index (κ2) is 7.21. The molecule has 0 radical (unpaired) electrons. The number of nitrogens with zero attached hydrogens (tertiary/aromatic N) is 2. The van der Waals surface area contributed by atoms with Crippen LogP contribution in [0.4, 0.5) is 0 Å². The minimum Gasteiger partial charge on any atom is -0.337 e. The molecule has 112 valence electrons. The van der Waals surface area contributed by atoms with Crippen molar-refractivity contribution in [3.05, 3.63) is 42.2 Å². The van der Waals surface area contributed by atoms with Crippen molar-refractivity contribution in [3.63, 3.8) is 0 Å². The largest absolute Gasteiger partial charge is 0.337 e. The number of carbonyl (C=O) groups excluding carboxylic acids is 1. The maximum absolute atomic E-state index is 12.8. The third-order valence-corrected chi connectivity index (χ3v) is 3.99. The van der Waals surface area contributed by atoms with Crippen LogP contribution in [-0.2, 0) is 0 Å². The van der Waals surface area contributed by atoms with Crippen molar-refractivity contribution < 1.29 is 4.79 Å². The zero-order chi connectivity index (χ0) is 15.2. The first-order chi connectivity index (χ1) is 10.2. The molecular formula is C18H24N2O. The lowest BCUT2D eigenvalue weighted by Gasteiger charge is -2.28. The van der Waals surface area contributed by atoms with E-state index in [2.05, 4.69) is 18.8 Å². The molecule has 0 unspecified atom stereocenters. The summed E-state index contributed by atoms with van der Waals surface area (Å²) in [4.78, 5) is 19.0. The molecule has 0 fully saturated rings. The van der Waals surface area contributed by atoms with E-state index in [1.807, 2.05) is 42.3 Å². The fraction of sp³-hybridized carbons (Fsp3) is 0.444. The summed E-state index contributed by atoms with van der Waals surface area (Å²) in [5.74, 6) is 0.0266. The Morgan fingerprint density at radius 2 is 1.81 bits per heavy atom. The fourth-order valence-electron chi connectivity index (χ4n) is 2.82. The molecule has 1 heterocycles. The number of aromatic nitrogens is 1. The summed E-state index contributed by atoms with van der Waals surface area (Å²) in [6.45, 7) is 4.33. The predicted octanol–water partition coefficient (Wildman–Crippen LogP) is 4.28. The summed E-state index contributed by atoms with van der Waals surface area (Å²) in [6.07, 6.45) is 5.98. The predicted molar refractivity (Wildman–Crippen MR) is 87.4 cm³/mol. The van der Waals surface area contributed by atoms with Gasteiger partial charge in [-0.05, 0) is 24.3 Å². The average Bonchev–Trinajstić information content (AvgIpc) is 2.52. The Labute approximate surface area is 127 Å². The molecule has 1 aromatic carbocycles. The molecule has 3 nitrogen and oxygen atoms in total. The first kappa shape index (κ1) is 15.5. The van der Waals surface area contributed by atoms with Crippen molar-refractivity contribution in [2.45, 2.75) is 45.6 Å². The molecule has 0 saturated carbocycles. The van der Waals surface area contributed by atoms with Crippen LogP contribution in [0.1, 0.15) is 50.0 Å². The summed E-state index contributed by atoms with van der Waals surface area (Å²) in [5, 5.41) is 2.00. The fourth-order valence-corrected chi connectivity index (χ4v) is 2.82. The SMILES string of the molecule is CCCC(CCC)N(C)C(=O)c1nccc2ccccc12. The Bertz CT molecular complexity index is 598. The summed E-state index contributed by atoms with van der Waals surface area (Å²) >= 11 is 0. The highest BCUT2D eigenvalue weighted by Crippen LogP contribution is 2.20. The standard InChI is InChI=1S/C18H24N2O/c1-4-8-15(9-5-2)20(3)18(21)17-16-11-7-6-10-14(16)12-13-19-17/h6-7,10-13,15H,4-5,8-9H2,1-3H3. The van der Waals surface area contributed by atoms with Gasteiger partial charge in [0, 0.05) is 24.7 Å². The summed E-state index contributed by atoms with van der Waals surface area (Å²) in [5.41, 5.74) is 0.563. The normalized spacial score (nSPS) is 11.0. The Morgan fingerprint density at radius 1 is 1.14 bits per heavy atom. The molecule has 1 aromatic heterocycles. The van der Waals surface area contributed by atoms with Crippen LogP contribution in [0.3, 0.4) is 0 Å². The molecule has 1 amide bonds. The van der Waals surface area contributed by atoms with Crippen LogP contribution >= 0.6 is 0 Å². The number of benzene rings is 1. The van der Waals surface area contributed by atoms with E-state index in [-0.39, 0.29) is 5.91 Å². The molecular weight excluding hydrogens is 260 g/mol. The van der Waals surface area contributed by atoms with Gasteiger partial charge < -0.3 is 4.90 Å². The van der Waals surface area contributed by atoms with Crippen molar-refractivity contribution in [1.82, 2.24) is 9.88 Å². The number of carbonyl (C=O) groups is 1. The van der Waals surface area contributed by atoms with Crippen molar-refractivity contribution >= 4 is 16.7 Å². The lowest BCUT2D eigenvalue weighted by atomic mass is 10.0. The zero-order valence-electron chi connectivity index (χ0n) is 13.2. The van der Waals surface area contributed by atoms with Crippen molar-refractivity contribution in [2.75, 3.05) is 7.05 Å². The van der Waals surface area contributed by atoms with Gasteiger partial charge in [0.25, 0.3) is 5.91 Å². The number of hydrogen-bond acceptors (Lipinski definition) is 2. The number of amides is 1. The van der Waals surface area contributed by atoms with Gasteiger partial charge in [0.2, 0.25) is 0 Å². The van der Waals surface area contributed by atoms with E-state index >= 15 is 0 Å². The summed E-state index contributed by atoms with van der Waals surface area (Å²) < 4.78 is 0. The maximum Gasteiger partial charge on any atom is 0.273 e. The van der Waals surface area contributed by atoms with Crippen LogP contribution in [0, 0.1) is 0 Å². The summed E-state index contributed by atoms with van der Waals surface area (Å²) in [7, 11) is 1.90.